The Morgan fingerprint density at radius 1 is 1.22 bits per heavy atom. The van der Waals surface area contributed by atoms with E-state index in [1.165, 1.54) is 0 Å². The third-order valence-corrected chi connectivity index (χ3v) is 5.08. The van der Waals surface area contributed by atoms with Crippen LogP contribution in [0, 0.1) is 0 Å². The van der Waals surface area contributed by atoms with Crippen LogP contribution in [0.15, 0.2) is 36.4 Å². The van der Waals surface area contributed by atoms with Crippen molar-refractivity contribution in [3.05, 3.63) is 69.2 Å². The van der Waals surface area contributed by atoms with Crippen molar-refractivity contribution in [2.75, 3.05) is 0 Å². The largest absolute Gasteiger partial charge is 0.478 e. The minimum Gasteiger partial charge on any atom is -0.478 e. The Hall–Kier alpha value is -2.33. The van der Waals surface area contributed by atoms with E-state index in [1.807, 2.05) is 23.1 Å². The van der Waals surface area contributed by atoms with Gasteiger partial charge in [0.1, 0.15) is 0 Å². The van der Waals surface area contributed by atoms with E-state index in [1.54, 1.807) is 18.2 Å². The monoisotopic (exact) mass is 327 g/mol. The van der Waals surface area contributed by atoms with E-state index in [4.69, 9.17) is 11.6 Å². The molecule has 0 spiro atoms. The lowest BCUT2D eigenvalue weighted by molar-refractivity contribution is 0.0691. The summed E-state index contributed by atoms with van der Waals surface area (Å²) in [6, 6.07) is 10.7. The van der Waals surface area contributed by atoms with Crippen LogP contribution in [0.5, 0.6) is 0 Å². The maximum atomic E-state index is 12.8. The van der Waals surface area contributed by atoms with Crippen molar-refractivity contribution in [3.8, 4) is 0 Å². The summed E-state index contributed by atoms with van der Waals surface area (Å²) in [4.78, 5) is 25.9. The number of carboxylic acids is 1. The maximum absolute atomic E-state index is 12.8. The van der Waals surface area contributed by atoms with Crippen molar-refractivity contribution in [1.29, 1.82) is 0 Å². The van der Waals surface area contributed by atoms with E-state index < -0.39 is 5.97 Å². The van der Waals surface area contributed by atoms with Crippen molar-refractivity contribution >= 4 is 23.5 Å². The van der Waals surface area contributed by atoms with Gasteiger partial charge in [-0.15, -0.1) is 0 Å². The fourth-order valence-corrected chi connectivity index (χ4v) is 4.02. The summed E-state index contributed by atoms with van der Waals surface area (Å²) in [6.07, 6.45) is 1.42. The number of fused-ring (bicyclic) bond motifs is 2. The smallest absolute Gasteiger partial charge is 0.335 e. The van der Waals surface area contributed by atoms with E-state index in [9.17, 15) is 14.7 Å². The lowest BCUT2D eigenvalue weighted by Crippen LogP contribution is -2.27. The molecule has 116 valence electrons. The van der Waals surface area contributed by atoms with Crippen molar-refractivity contribution in [3.63, 3.8) is 0 Å². The van der Waals surface area contributed by atoms with E-state index in [0.717, 1.165) is 23.1 Å². The molecule has 0 fully saturated rings. The van der Waals surface area contributed by atoms with Crippen LogP contribution in [-0.4, -0.2) is 21.9 Å². The van der Waals surface area contributed by atoms with Crippen LogP contribution in [0.2, 0.25) is 5.02 Å². The van der Waals surface area contributed by atoms with Gasteiger partial charge in [0.2, 0.25) is 0 Å². The highest BCUT2D eigenvalue weighted by molar-refractivity contribution is 6.34. The van der Waals surface area contributed by atoms with Gasteiger partial charge in [-0.2, -0.15) is 0 Å². The van der Waals surface area contributed by atoms with Gasteiger partial charge in [-0.1, -0.05) is 35.9 Å². The Morgan fingerprint density at radius 3 is 2.74 bits per heavy atom. The number of carbonyl (C=O) groups is 2. The summed E-state index contributed by atoms with van der Waals surface area (Å²) >= 11 is 6.18. The SMILES string of the molecule is O=C(O)c1cccc2c1CC[C@H]2N1Cc2cccc(Cl)c2C1=O. The van der Waals surface area contributed by atoms with Gasteiger partial charge in [0.05, 0.1) is 22.2 Å². The molecule has 1 atom stereocenters. The zero-order valence-corrected chi connectivity index (χ0v) is 13.0. The Morgan fingerprint density at radius 2 is 2.00 bits per heavy atom. The Balaban J connectivity index is 1.74. The molecule has 4 rings (SSSR count). The molecular formula is C18H14ClNO3. The van der Waals surface area contributed by atoms with Crippen molar-refractivity contribution in [2.24, 2.45) is 0 Å². The Bertz CT molecular complexity index is 846. The number of halogens is 1. The number of rotatable bonds is 2. The predicted octanol–water partition coefficient (Wildman–Crippen LogP) is 3.68. The molecule has 0 aromatic heterocycles. The second kappa shape index (κ2) is 5.10. The molecule has 0 saturated heterocycles. The Labute approximate surface area is 138 Å². The molecule has 1 aliphatic carbocycles. The van der Waals surface area contributed by atoms with Gasteiger partial charge < -0.3 is 10.0 Å². The zero-order chi connectivity index (χ0) is 16.1. The van der Waals surface area contributed by atoms with Gasteiger partial charge in [0.25, 0.3) is 5.91 Å². The van der Waals surface area contributed by atoms with Crippen LogP contribution < -0.4 is 0 Å². The maximum Gasteiger partial charge on any atom is 0.335 e. The number of nitrogens with zero attached hydrogens (tertiary/aromatic N) is 1. The van der Waals surface area contributed by atoms with Crippen LogP contribution in [0.4, 0.5) is 0 Å². The zero-order valence-electron chi connectivity index (χ0n) is 12.3. The average Bonchev–Trinajstić information content (AvgIpc) is 3.09. The molecular weight excluding hydrogens is 314 g/mol. The highest BCUT2D eigenvalue weighted by atomic mass is 35.5. The van der Waals surface area contributed by atoms with Crippen LogP contribution in [0.25, 0.3) is 0 Å². The summed E-state index contributed by atoms with van der Waals surface area (Å²) in [5, 5.41) is 9.81. The highest BCUT2D eigenvalue weighted by Gasteiger charge is 2.38. The number of benzene rings is 2. The van der Waals surface area contributed by atoms with Crippen LogP contribution in [0.3, 0.4) is 0 Å². The van der Waals surface area contributed by atoms with Crippen LogP contribution >= 0.6 is 11.6 Å². The lowest BCUT2D eigenvalue weighted by atomic mass is 10.0. The quantitative estimate of drug-likeness (QED) is 0.915. The third-order valence-electron chi connectivity index (χ3n) is 4.76. The number of carbonyl (C=O) groups excluding carboxylic acids is 1. The second-order valence-corrected chi connectivity index (χ2v) is 6.35. The van der Waals surface area contributed by atoms with E-state index >= 15 is 0 Å². The fraction of sp³-hybridized carbons (Fsp3) is 0.222. The molecule has 5 heteroatoms. The topological polar surface area (TPSA) is 57.6 Å². The summed E-state index contributed by atoms with van der Waals surface area (Å²) in [6.45, 7) is 0.524. The van der Waals surface area contributed by atoms with Gasteiger partial charge >= 0.3 is 5.97 Å². The predicted molar refractivity (Wildman–Crippen MR) is 85.8 cm³/mol. The molecule has 0 bridgehead atoms. The van der Waals surface area contributed by atoms with Gasteiger partial charge in [-0.3, -0.25) is 4.79 Å². The molecule has 1 heterocycles. The van der Waals surface area contributed by atoms with Crippen LogP contribution in [-0.2, 0) is 13.0 Å². The Kier molecular flexibility index (Phi) is 3.16. The van der Waals surface area contributed by atoms with E-state index in [2.05, 4.69) is 0 Å². The van der Waals surface area contributed by atoms with Gasteiger partial charge in [0, 0.05) is 6.54 Å². The van der Waals surface area contributed by atoms with Gasteiger partial charge in [-0.05, 0) is 41.7 Å². The average molecular weight is 328 g/mol. The van der Waals surface area contributed by atoms with Crippen molar-refractivity contribution in [1.82, 2.24) is 4.90 Å². The molecule has 2 aromatic carbocycles. The molecule has 1 aliphatic heterocycles. The van der Waals surface area contributed by atoms with Gasteiger partial charge in [-0.25, -0.2) is 4.79 Å². The fourth-order valence-electron chi connectivity index (χ4n) is 3.75. The second-order valence-electron chi connectivity index (χ2n) is 5.94. The normalized spacial score (nSPS) is 18.9. The number of amides is 1. The highest BCUT2D eigenvalue weighted by Crippen LogP contribution is 2.42. The molecule has 0 saturated carbocycles. The summed E-state index contributed by atoms with van der Waals surface area (Å²) in [7, 11) is 0. The number of hydrogen-bond acceptors (Lipinski definition) is 2. The first-order valence-corrected chi connectivity index (χ1v) is 7.89. The first kappa shape index (κ1) is 14.3. The van der Waals surface area contributed by atoms with E-state index in [-0.39, 0.29) is 11.9 Å². The van der Waals surface area contributed by atoms with Gasteiger partial charge in [0.15, 0.2) is 0 Å². The molecule has 0 unspecified atom stereocenters. The first-order chi connectivity index (χ1) is 11.1. The summed E-state index contributed by atoms with van der Waals surface area (Å²) < 4.78 is 0. The summed E-state index contributed by atoms with van der Waals surface area (Å²) in [5.74, 6) is -0.981. The molecule has 23 heavy (non-hydrogen) atoms. The number of hydrogen-bond donors (Lipinski definition) is 1. The number of carboxylic acid groups (broad SMARTS) is 1. The molecule has 0 radical (unpaired) electrons. The van der Waals surface area contributed by atoms with Crippen molar-refractivity contribution < 1.29 is 14.7 Å². The van der Waals surface area contributed by atoms with E-state index in [0.29, 0.717) is 29.1 Å². The molecule has 2 aliphatic rings. The standard InChI is InChI=1S/C18H14ClNO3/c19-14-6-1-3-10-9-20(17(21)16(10)14)15-8-7-11-12(15)4-2-5-13(11)18(22)23/h1-6,15H,7-9H2,(H,22,23)/t15-/m1/s1. The summed E-state index contributed by atoms with van der Waals surface area (Å²) in [5.41, 5.74) is 3.65. The molecule has 1 N–H and O–H groups in total. The molecule has 4 nitrogen and oxygen atoms in total. The number of aromatic carboxylic acids is 1. The van der Waals surface area contributed by atoms with Crippen molar-refractivity contribution in [2.45, 2.75) is 25.4 Å². The molecule has 2 aromatic rings. The van der Waals surface area contributed by atoms with Crippen LogP contribution in [0.1, 0.15) is 49.9 Å². The first-order valence-electron chi connectivity index (χ1n) is 7.51. The minimum atomic E-state index is -0.915. The lowest BCUT2D eigenvalue weighted by Gasteiger charge is -2.25. The minimum absolute atomic E-state index is 0.0656. The molecule has 1 amide bonds. The third kappa shape index (κ3) is 2.05.